The highest BCUT2D eigenvalue weighted by Gasteiger charge is 2.61. The van der Waals surface area contributed by atoms with E-state index in [-0.39, 0.29) is 5.41 Å². The second-order valence-electron chi connectivity index (χ2n) is 7.16. The summed E-state index contributed by atoms with van der Waals surface area (Å²) in [7, 11) is -0.844. The van der Waals surface area contributed by atoms with Gasteiger partial charge in [-0.3, -0.25) is 4.79 Å². The lowest BCUT2D eigenvalue weighted by atomic mass is 9.46. The molecule has 0 heterocycles. The van der Waals surface area contributed by atoms with Crippen molar-refractivity contribution in [3.8, 4) is 0 Å². The molecule has 4 aliphatic rings. The first kappa shape index (κ1) is 13.4. The van der Waals surface area contributed by atoms with Crippen molar-refractivity contribution in [2.24, 2.45) is 17.3 Å². The highest BCUT2D eigenvalue weighted by atomic mass is 16.4. The first-order valence-electron chi connectivity index (χ1n) is 7.21. The molecule has 0 amide bonds. The first-order valence-corrected chi connectivity index (χ1v) is 7.21. The molecule has 4 aliphatic carbocycles. The van der Waals surface area contributed by atoms with Crippen LogP contribution in [0, 0.1) is 17.3 Å². The van der Waals surface area contributed by atoms with Crippen LogP contribution < -0.4 is 5.23 Å². The third-order valence-corrected chi connectivity index (χ3v) is 5.34. The van der Waals surface area contributed by atoms with Crippen molar-refractivity contribution in [2.75, 3.05) is 0 Å². The van der Waals surface area contributed by atoms with Crippen LogP contribution in [0.5, 0.6) is 0 Å². The van der Waals surface area contributed by atoms with Crippen LogP contribution in [0.1, 0.15) is 38.5 Å². The predicted octanol–water partition coefficient (Wildman–Crippen LogP) is 0.471. The van der Waals surface area contributed by atoms with Crippen LogP contribution in [0.4, 0.5) is 0 Å². The summed E-state index contributed by atoms with van der Waals surface area (Å²) in [5.41, 5.74) is -1.06. The Labute approximate surface area is 113 Å². The maximum Gasteiger partial charge on any atom is 0.374 e. The first-order chi connectivity index (χ1) is 8.82. The minimum Gasteiger partial charge on any atom is -0.480 e. The zero-order valence-corrected chi connectivity index (χ0v) is 11.3. The molecule has 0 aliphatic heterocycles. The number of carboxylic acids is 1. The van der Waals surface area contributed by atoms with E-state index in [9.17, 15) is 20.0 Å². The molecule has 106 valence electrons. The zero-order valence-electron chi connectivity index (χ0n) is 11.3. The number of rotatable bonds is 4. The van der Waals surface area contributed by atoms with Crippen LogP contribution in [-0.4, -0.2) is 39.9 Å². The third kappa shape index (κ3) is 2.20. The number of carbonyl (C=O) groups is 1. The van der Waals surface area contributed by atoms with E-state index in [1.807, 2.05) is 0 Å². The maximum absolute atomic E-state index is 11.6. The van der Waals surface area contributed by atoms with Crippen molar-refractivity contribution in [1.82, 2.24) is 5.23 Å². The molecule has 5 nitrogen and oxygen atoms in total. The monoisotopic (exact) mass is 267 g/mol. The molecular formula is C13H22BNO4. The molecule has 4 fully saturated rings. The molecule has 4 rings (SSSR count). The zero-order chi connectivity index (χ0) is 13.8. The number of carboxylic acid groups (broad SMARTS) is 1. The fraction of sp³-hybridized carbons (Fsp3) is 0.923. The molecule has 0 aromatic heterocycles. The van der Waals surface area contributed by atoms with E-state index in [0.717, 1.165) is 32.1 Å². The molecule has 0 aromatic carbocycles. The summed E-state index contributed by atoms with van der Waals surface area (Å²) in [4.78, 5) is 11.6. The van der Waals surface area contributed by atoms with Crippen LogP contribution in [0.3, 0.4) is 0 Å². The van der Waals surface area contributed by atoms with Gasteiger partial charge in [0.1, 0.15) is 6.04 Å². The van der Waals surface area contributed by atoms with Crippen molar-refractivity contribution in [2.45, 2.75) is 57.0 Å². The Morgan fingerprint density at radius 1 is 1.32 bits per heavy atom. The molecule has 2 unspecified atom stereocenters. The highest BCUT2D eigenvalue weighted by Crippen LogP contribution is 2.62. The lowest BCUT2D eigenvalue weighted by Gasteiger charge is -2.61. The Balaban J connectivity index is 1.91. The highest BCUT2D eigenvalue weighted by molar-refractivity contribution is 6.46. The predicted molar refractivity (Wildman–Crippen MR) is 70.5 cm³/mol. The van der Waals surface area contributed by atoms with Crippen LogP contribution >= 0.6 is 0 Å². The lowest BCUT2D eigenvalue weighted by Crippen LogP contribution is -2.65. The SMILES string of the molecule is CB(O)N[C@H](C(=O)O)C12CC3CC(CC(O)(C3)C1)C2. The van der Waals surface area contributed by atoms with E-state index < -0.39 is 24.7 Å². The lowest BCUT2D eigenvalue weighted by molar-refractivity contribution is -0.181. The molecule has 0 aromatic rings. The molecule has 0 radical (unpaired) electrons. The Morgan fingerprint density at radius 3 is 2.32 bits per heavy atom. The van der Waals surface area contributed by atoms with Gasteiger partial charge in [0.15, 0.2) is 0 Å². The second kappa shape index (κ2) is 4.20. The van der Waals surface area contributed by atoms with E-state index in [2.05, 4.69) is 5.23 Å². The molecule has 19 heavy (non-hydrogen) atoms. The van der Waals surface area contributed by atoms with E-state index in [0.29, 0.717) is 18.3 Å². The van der Waals surface area contributed by atoms with E-state index in [1.54, 1.807) is 6.82 Å². The number of hydrogen-bond acceptors (Lipinski definition) is 4. The summed E-state index contributed by atoms with van der Waals surface area (Å²) in [5, 5.41) is 32.5. The van der Waals surface area contributed by atoms with Crippen LogP contribution in [0.25, 0.3) is 0 Å². The Morgan fingerprint density at radius 2 is 1.89 bits per heavy atom. The van der Waals surface area contributed by atoms with Gasteiger partial charge in [0.2, 0.25) is 0 Å². The van der Waals surface area contributed by atoms with Crippen molar-refractivity contribution < 1.29 is 20.0 Å². The number of aliphatic carboxylic acids is 1. The summed E-state index contributed by atoms with van der Waals surface area (Å²) in [6.07, 6.45) is 5.07. The summed E-state index contributed by atoms with van der Waals surface area (Å²) >= 11 is 0. The minimum absolute atomic E-state index is 0.387. The summed E-state index contributed by atoms with van der Waals surface area (Å²) in [6.45, 7) is 1.55. The minimum atomic E-state index is -0.911. The molecule has 0 spiro atoms. The third-order valence-electron chi connectivity index (χ3n) is 5.34. The van der Waals surface area contributed by atoms with E-state index >= 15 is 0 Å². The van der Waals surface area contributed by atoms with Gasteiger partial charge in [0.25, 0.3) is 0 Å². The van der Waals surface area contributed by atoms with Crippen LogP contribution in [0.2, 0.25) is 6.82 Å². The Hall–Kier alpha value is -0.585. The molecule has 6 heteroatoms. The van der Waals surface area contributed by atoms with Gasteiger partial charge in [0.05, 0.1) is 5.60 Å². The average Bonchev–Trinajstić information content (AvgIpc) is 2.21. The Kier molecular flexibility index (Phi) is 2.96. The fourth-order valence-corrected chi connectivity index (χ4v) is 5.37. The summed E-state index contributed by atoms with van der Waals surface area (Å²) < 4.78 is 0. The largest absolute Gasteiger partial charge is 0.480 e. The molecule has 4 N–H and O–H groups in total. The van der Waals surface area contributed by atoms with Gasteiger partial charge >= 0.3 is 13.0 Å². The standard InChI is InChI=1S/C13H22BNO4/c1-14(19)15-10(11(16)17)12-3-8-2-9(4-12)6-13(18,5-8)7-12/h8-10,15,18-19H,2-7H2,1H3,(H,16,17)/t8?,9?,10-,12?,13?/m1/s1. The van der Waals surface area contributed by atoms with Crippen molar-refractivity contribution in [3.05, 3.63) is 0 Å². The fourth-order valence-electron chi connectivity index (χ4n) is 5.37. The van der Waals surface area contributed by atoms with Crippen molar-refractivity contribution >= 4 is 13.0 Å². The molecule has 4 bridgehead atoms. The van der Waals surface area contributed by atoms with E-state index in [4.69, 9.17) is 0 Å². The van der Waals surface area contributed by atoms with Gasteiger partial charge in [-0.1, -0.05) is 0 Å². The van der Waals surface area contributed by atoms with Gasteiger partial charge in [0, 0.05) is 0 Å². The molecule has 3 atom stereocenters. The average molecular weight is 267 g/mol. The Bertz CT molecular complexity index is 386. The normalized spacial score (nSPS) is 45.2. The van der Waals surface area contributed by atoms with Crippen molar-refractivity contribution in [3.63, 3.8) is 0 Å². The van der Waals surface area contributed by atoms with Gasteiger partial charge in [-0.05, 0) is 62.6 Å². The number of hydrogen-bond donors (Lipinski definition) is 4. The summed E-state index contributed by atoms with van der Waals surface area (Å²) in [5.74, 6) is -0.0146. The molecule has 0 saturated heterocycles. The van der Waals surface area contributed by atoms with Gasteiger partial charge in [-0.15, -0.1) is 0 Å². The van der Waals surface area contributed by atoms with Gasteiger partial charge < -0.3 is 20.5 Å². The summed E-state index contributed by atoms with van der Waals surface area (Å²) in [6, 6.07) is -0.759. The molecule has 4 saturated carbocycles. The number of aliphatic hydroxyl groups is 1. The molecular weight excluding hydrogens is 245 g/mol. The van der Waals surface area contributed by atoms with Gasteiger partial charge in [-0.2, -0.15) is 0 Å². The maximum atomic E-state index is 11.6. The second-order valence-corrected chi connectivity index (χ2v) is 7.16. The van der Waals surface area contributed by atoms with E-state index in [1.165, 1.54) is 0 Å². The van der Waals surface area contributed by atoms with Crippen molar-refractivity contribution in [1.29, 1.82) is 0 Å². The topological polar surface area (TPSA) is 89.8 Å². The smallest absolute Gasteiger partial charge is 0.374 e. The number of nitrogens with one attached hydrogen (secondary N) is 1. The van der Waals surface area contributed by atoms with Crippen LogP contribution in [0.15, 0.2) is 0 Å². The van der Waals surface area contributed by atoms with Gasteiger partial charge in [-0.25, -0.2) is 0 Å². The van der Waals surface area contributed by atoms with Crippen LogP contribution in [-0.2, 0) is 4.79 Å². The quantitative estimate of drug-likeness (QED) is 0.556.